The molecule has 5 heteroatoms. The average molecular weight is 361 g/mol. The van der Waals surface area contributed by atoms with Gasteiger partial charge in [0.2, 0.25) is 0 Å². The van der Waals surface area contributed by atoms with Crippen LogP contribution in [0.1, 0.15) is 23.4 Å². The molecule has 1 atom stereocenters. The van der Waals surface area contributed by atoms with E-state index in [1.54, 1.807) is 18.4 Å². The predicted octanol–water partition coefficient (Wildman–Crippen LogP) is 4.87. The van der Waals surface area contributed by atoms with Gasteiger partial charge in [0.05, 0.1) is 13.2 Å². The van der Waals surface area contributed by atoms with Crippen LogP contribution in [0.25, 0.3) is 0 Å². The summed E-state index contributed by atoms with van der Waals surface area (Å²) >= 11 is 11.4. The third-order valence-corrected chi connectivity index (χ3v) is 4.99. The summed E-state index contributed by atoms with van der Waals surface area (Å²) in [5, 5.41) is 6.27. The summed E-state index contributed by atoms with van der Waals surface area (Å²) < 4.78 is 6.56. The molecule has 0 radical (unpaired) electrons. The zero-order valence-electron chi connectivity index (χ0n) is 10.7. The van der Waals surface area contributed by atoms with Crippen molar-refractivity contribution in [3.8, 4) is 5.75 Å². The Bertz CT molecular complexity index is 558. The van der Waals surface area contributed by atoms with E-state index in [4.69, 9.17) is 16.3 Å². The molecule has 0 saturated heterocycles. The van der Waals surface area contributed by atoms with Crippen LogP contribution in [0.5, 0.6) is 5.75 Å². The van der Waals surface area contributed by atoms with Crippen LogP contribution in [0.4, 0.5) is 0 Å². The lowest BCUT2D eigenvalue weighted by atomic mass is 10.0. The monoisotopic (exact) mass is 359 g/mol. The molecule has 1 aromatic heterocycles. The average Bonchev–Trinajstić information content (AvgIpc) is 2.82. The molecule has 1 N–H and O–H groups in total. The molecule has 2 aromatic rings. The Labute approximate surface area is 130 Å². The third-order valence-electron chi connectivity index (χ3n) is 2.82. The molecule has 0 fully saturated rings. The van der Waals surface area contributed by atoms with E-state index in [9.17, 15) is 0 Å². The van der Waals surface area contributed by atoms with E-state index in [0.717, 1.165) is 22.3 Å². The number of thiophene rings is 1. The second kappa shape index (κ2) is 6.75. The van der Waals surface area contributed by atoms with Gasteiger partial charge in [0.1, 0.15) is 5.75 Å². The van der Waals surface area contributed by atoms with Crippen molar-refractivity contribution < 1.29 is 4.74 Å². The summed E-state index contributed by atoms with van der Waals surface area (Å²) in [5.74, 6) is 0.843. The second-order valence-electron chi connectivity index (χ2n) is 4.01. The first-order chi connectivity index (χ1) is 9.17. The molecule has 0 aliphatic rings. The molecule has 0 amide bonds. The Kier molecular flexibility index (Phi) is 5.28. The molecule has 19 heavy (non-hydrogen) atoms. The van der Waals surface area contributed by atoms with Gasteiger partial charge in [0.15, 0.2) is 0 Å². The third kappa shape index (κ3) is 3.31. The summed E-state index contributed by atoms with van der Waals surface area (Å²) in [6.07, 6.45) is 0. The fourth-order valence-corrected chi connectivity index (χ4v) is 3.86. The molecule has 0 aliphatic carbocycles. The summed E-state index contributed by atoms with van der Waals surface area (Å²) in [4.78, 5) is 1.22. The van der Waals surface area contributed by atoms with Crippen molar-refractivity contribution >= 4 is 38.9 Å². The number of benzene rings is 1. The molecule has 0 saturated carbocycles. The van der Waals surface area contributed by atoms with E-state index in [2.05, 4.69) is 39.6 Å². The van der Waals surface area contributed by atoms with Gasteiger partial charge in [-0.3, -0.25) is 0 Å². The van der Waals surface area contributed by atoms with Crippen LogP contribution in [0.2, 0.25) is 5.02 Å². The number of methoxy groups -OCH3 is 1. The van der Waals surface area contributed by atoms with Crippen LogP contribution in [-0.2, 0) is 0 Å². The lowest BCUT2D eigenvalue weighted by Gasteiger charge is -2.20. The van der Waals surface area contributed by atoms with Crippen molar-refractivity contribution in [3.05, 3.63) is 49.6 Å². The zero-order chi connectivity index (χ0) is 13.8. The van der Waals surface area contributed by atoms with E-state index in [-0.39, 0.29) is 6.04 Å². The lowest BCUT2D eigenvalue weighted by molar-refractivity contribution is 0.404. The number of hydrogen-bond donors (Lipinski definition) is 1. The van der Waals surface area contributed by atoms with Gasteiger partial charge < -0.3 is 10.1 Å². The molecule has 0 spiro atoms. The van der Waals surface area contributed by atoms with E-state index < -0.39 is 0 Å². The first-order valence-corrected chi connectivity index (χ1v) is 8.02. The van der Waals surface area contributed by atoms with Crippen LogP contribution in [0.3, 0.4) is 0 Å². The summed E-state index contributed by atoms with van der Waals surface area (Å²) in [6.45, 7) is 2.95. The quantitative estimate of drug-likeness (QED) is 0.821. The molecule has 1 aromatic carbocycles. The molecule has 102 valence electrons. The molecule has 2 rings (SSSR count). The summed E-state index contributed by atoms with van der Waals surface area (Å²) in [7, 11) is 1.68. The smallest absolute Gasteiger partial charge is 0.124 e. The van der Waals surface area contributed by atoms with Gasteiger partial charge >= 0.3 is 0 Å². The Morgan fingerprint density at radius 2 is 2.21 bits per heavy atom. The van der Waals surface area contributed by atoms with Gasteiger partial charge in [0.25, 0.3) is 0 Å². The Morgan fingerprint density at radius 3 is 2.79 bits per heavy atom. The largest absolute Gasteiger partial charge is 0.496 e. The fraction of sp³-hybridized carbons (Fsp3) is 0.286. The minimum absolute atomic E-state index is 0.0769. The number of hydrogen-bond acceptors (Lipinski definition) is 3. The maximum atomic E-state index is 6.13. The van der Waals surface area contributed by atoms with Crippen LogP contribution in [-0.4, -0.2) is 13.7 Å². The van der Waals surface area contributed by atoms with E-state index in [1.807, 2.05) is 18.2 Å². The fourth-order valence-electron chi connectivity index (χ4n) is 1.99. The maximum absolute atomic E-state index is 6.13. The van der Waals surface area contributed by atoms with Gasteiger partial charge in [-0.05, 0) is 52.1 Å². The predicted molar refractivity (Wildman–Crippen MR) is 85.5 cm³/mol. The molecular weight excluding hydrogens is 346 g/mol. The molecule has 1 heterocycles. The van der Waals surface area contributed by atoms with Crippen LogP contribution < -0.4 is 10.1 Å². The Hall–Kier alpha value is -0.550. The van der Waals surface area contributed by atoms with Crippen molar-refractivity contribution in [2.45, 2.75) is 13.0 Å². The Balaban J connectivity index is 2.50. The van der Waals surface area contributed by atoms with Crippen molar-refractivity contribution in [2.75, 3.05) is 13.7 Å². The lowest BCUT2D eigenvalue weighted by Crippen LogP contribution is -2.22. The van der Waals surface area contributed by atoms with Gasteiger partial charge in [-0.2, -0.15) is 0 Å². The minimum Gasteiger partial charge on any atom is -0.496 e. The van der Waals surface area contributed by atoms with Crippen LogP contribution >= 0.6 is 38.9 Å². The highest BCUT2D eigenvalue weighted by Crippen LogP contribution is 2.37. The second-order valence-corrected chi connectivity index (χ2v) is 6.25. The van der Waals surface area contributed by atoms with Gasteiger partial charge in [-0.25, -0.2) is 0 Å². The highest BCUT2D eigenvalue weighted by atomic mass is 79.9. The molecule has 2 nitrogen and oxygen atoms in total. The number of nitrogens with one attached hydrogen (secondary N) is 1. The van der Waals surface area contributed by atoms with Crippen LogP contribution in [0, 0.1) is 0 Å². The molecule has 0 aliphatic heterocycles. The summed E-state index contributed by atoms with van der Waals surface area (Å²) in [5.41, 5.74) is 1.06. The van der Waals surface area contributed by atoms with Crippen molar-refractivity contribution in [1.29, 1.82) is 0 Å². The van der Waals surface area contributed by atoms with Crippen LogP contribution in [0.15, 0.2) is 34.1 Å². The molecule has 1 unspecified atom stereocenters. The first kappa shape index (κ1) is 14.9. The van der Waals surface area contributed by atoms with Gasteiger partial charge in [-0.15, -0.1) is 11.3 Å². The zero-order valence-corrected chi connectivity index (χ0v) is 13.9. The van der Waals surface area contributed by atoms with Gasteiger partial charge in [-0.1, -0.05) is 18.5 Å². The Morgan fingerprint density at radius 1 is 1.42 bits per heavy atom. The topological polar surface area (TPSA) is 21.3 Å². The van der Waals surface area contributed by atoms with E-state index in [0.29, 0.717) is 5.02 Å². The normalized spacial score (nSPS) is 12.4. The molecule has 0 bridgehead atoms. The highest BCUT2D eigenvalue weighted by molar-refractivity contribution is 9.10. The van der Waals surface area contributed by atoms with Crippen molar-refractivity contribution in [3.63, 3.8) is 0 Å². The SMILES string of the molecule is CCNC(c1cc(Cl)ccc1OC)c1sccc1Br. The first-order valence-electron chi connectivity index (χ1n) is 5.97. The maximum Gasteiger partial charge on any atom is 0.124 e. The molecular formula is C14H15BrClNOS. The van der Waals surface area contributed by atoms with E-state index in [1.165, 1.54) is 4.88 Å². The highest BCUT2D eigenvalue weighted by Gasteiger charge is 2.21. The number of rotatable bonds is 5. The van der Waals surface area contributed by atoms with Gasteiger partial charge in [0, 0.05) is 19.9 Å². The minimum atomic E-state index is 0.0769. The number of halogens is 2. The standard InChI is InChI=1S/C14H15BrClNOS/c1-3-17-13(14-11(15)6-7-19-14)10-8-9(16)4-5-12(10)18-2/h4-8,13,17H,3H2,1-2H3. The van der Waals surface area contributed by atoms with E-state index >= 15 is 0 Å². The van der Waals surface area contributed by atoms with Crippen molar-refractivity contribution in [1.82, 2.24) is 5.32 Å². The van der Waals surface area contributed by atoms with Crippen molar-refractivity contribution in [2.24, 2.45) is 0 Å². The summed E-state index contributed by atoms with van der Waals surface area (Å²) in [6, 6.07) is 7.84. The number of ether oxygens (including phenoxy) is 1.